The summed E-state index contributed by atoms with van der Waals surface area (Å²) >= 11 is 0. The first-order valence-electron chi connectivity index (χ1n) is 5.99. The molecule has 0 fully saturated rings. The van der Waals surface area contributed by atoms with Gasteiger partial charge in [0.25, 0.3) is 0 Å². The zero-order valence-corrected chi connectivity index (χ0v) is 10.6. The summed E-state index contributed by atoms with van der Waals surface area (Å²) in [6.07, 6.45) is 4.42. The van der Waals surface area contributed by atoms with Gasteiger partial charge in [-0.15, -0.1) is 6.58 Å². The Morgan fingerprint density at radius 2 is 2.18 bits per heavy atom. The van der Waals surface area contributed by atoms with Gasteiger partial charge in [0.15, 0.2) is 0 Å². The highest BCUT2D eigenvalue weighted by Gasteiger charge is 2.04. The first-order valence-corrected chi connectivity index (χ1v) is 5.99. The van der Waals surface area contributed by atoms with Crippen LogP contribution in [0, 0.1) is 5.92 Å². The second-order valence-electron chi connectivity index (χ2n) is 4.51. The summed E-state index contributed by atoms with van der Waals surface area (Å²) in [6.45, 7) is 8.77. The van der Waals surface area contributed by atoms with E-state index >= 15 is 0 Å². The van der Waals surface area contributed by atoms with Crippen LogP contribution < -0.4 is 4.74 Å². The van der Waals surface area contributed by atoms with Gasteiger partial charge < -0.3 is 4.74 Å². The Labute approximate surface area is 103 Å². The molecule has 0 radical (unpaired) electrons. The molecule has 0 aliphatic heterocycles. The Kier molecular flexibility index (Phi) is 5.47. The predicted octanol–water partition coefficient (Wildman–Crippen LogP) is 3.65. The van der Waals surface area contributed by atoms with Gasteiger partial charge in [0, 0.05) is 5.56 Å². The minimum Gasteiger partial charge on any atom is -0.493 e. The van der Waals surface area contributed by atoms with E-state index in [0.717, 1.165) is 30.4 Å². The highest BCUT2D eigenvalue weighted by atomic mass is 16.5. The van der Waals surface area contributed by atoms with Crippen molar-refractivity contribution in [3.63, 3.8) is 0 Å². The van der Waals surface area contributed by atoms with Crippen LogP contribution in [-0.4, -0.2) is 12.9 Å². The number of ether oxygens (including phenoxy) is 1. The van der Waals surface area contributed by atoms with E-state index < -0.39 is 0 Å². The van der Waals surface area contributed by atoms with Gasteiger partial charge in [-0.3, -0.25) is 4.79 Å². The molecule has 0 saturated carbocycles. The maximum absolute atomic E-state index is 10.7. The fourth-order valence-corrected chi connectivity index (χ4v) is 1.53. The van der Waals surface area contributed by atoms with E-state index in [1.165, 1.54) is 0 Å². The molecule has 92 valence electrons. The van der Waals surface area contributed by atoms with Crippen LogP contribution in [0.3, 0.4) is 0 Å². The van der Waals surface area contributed by atoms with Crippen molar-refractivity contribution < 1.29 is 9.53 Å². The van der Waals surface area contributed by atoms with E-state index in [1.807, 2.05) is 18.2 Å². The number of aldehydes is 1. The van der Waals surface area contributed by atoms with Gasteiger partial charge in [0.1, 0.15) is 12.0 Å². The summed E-state index contributed by atoms with van der Waals surface area (Å²) in [5.74, 6) is 1.49. The average Bonchev–Trinajstić information content (AvgIpc) is 2.31. The van der Waals surface area contributed by atoms with Crippen LogP contribution >= 0.6 is 0 Å². The molecule has 0 atom stereocenters. The lowest BCUT2D eigenvalue weighted by molar-refractivity contribution is 0.112. The molecule has 0 saturated heterocycles. The van der Waals surface area contributed by atoms with E-state index in [-0.39, 0.29) is 0 Å². The molecule has 0 bridgehead atoms. The summed E-state index contributed by atoms with van der Waals surface area (Å²) in [6, 6.07) is 5.51. The van der Waals surface area contributed by atoms with Gasteiger partial charge in [-0.05, 0) is 42.5 Å². The number of hydrogen-bond donors (Lipinski definition) is 0. The Balaban J connectivity index is 2.75. The minimum absolute atomic E-state index is 0.632. The van der Waals surface area contributed by atoms with E-state index in [0.29, 0.717) is 18.1 Å². The summed E-state index contributed by atoms with van der Waals surface area (Å²) in [4.78, 5) is 10.7. The Bertz CT molecular complexity index is 381. The van der Waals surface area contributed by atoms with Crippen molar-refractivity contribution in [3.05, 3.63) is 42.0 Å². The van der Waals surface area contributed by atoms with Crippen LogP contribution in [0.1, 0.15) is 36.2 Å². The quantitative estimate of drug-likeness (QED) is 0.530. The summed E-state index contributed by atoms with van der Waals surface area (Å²) < 4.78 is 5.74. The fraction of sp³-hybridized carbons (Fsp3) is 0.400. The maximum atomic E-state index is 10.7. The Morgan fingerprint density at radius 1 is 1.41 bits per heavy atom. The second-order valence-corrected chi connectivity index (χ2v) is 4.51. The molecule has 0 unspecified atom stereocenters. The third-order valence-electron chi connectivity index (χ3n) is 2.54. The van der Waals surface area contributed by atoms with E-state index in [2.05, 4.69) is 20.4 Å². The predicted molar refractivity (Wildman–Crippen MR) is 70.7 cm³/mol. The molecule has 0 amide bonds. The van der Waals surface area contributed by atoms with Crippen molar-refractivity contribution in [2.45, 2.75) is 26.7 Å². The lowest BCUT2D eigenvalue weighted by atomic mass is 10.1. The van der Waals surface area contributed by atoms with Gasteiger partial charge >= 0.3 is 0 Å². The van der Waals surface area contributed by atoms with Crippen molar-refractivity contribution >= 4 is 6.29 Å². The van der Waals surface area contributed by atoms with Crippen LogP contribution in [0.15, 0.2) is 30.9 Å². The maximum Gasteiger partial charge on any atom is 0.150 e. The molecule has 0 aromatic heterocycles. The van der Waals surface area contributed by atoms with Gasteiger partial charge in [0.05, 0.1) is 6.61 Å². The number of hydrogen-bond acceptors (Lipinski definition) is 2. The summed E-state index contributed by atoms with van der Waals surface area (Å²) in [5, 5.41) is 0. The highest BCUT2D eigenvalue weighted by molar-refractivity contribution is 5.75. The normalized spacial score (nSPS) is 10.3. The van der Waals surface area contributed by atoms with Crippen LogP contribution in [-0.2, 0) is 6.42 Å². The third-order valence-corrected chi connectivity index (χ3v) is 2.54. The van der Waals surface area contributed by atoms with Crippen molar-refractivity contribution in [2.24, 2.45) is 5.92 Å². The molecule has 0 spiro atoms. The summed E-state index contributed by atoms with van der Waals surface area (Å²) in [5.41, 5.74) is 1.70. The highest BCUT2D eigenvalue weighted by Crippen LogP contribution is 2.21. The number of benzene rings is 1. The first-order chi connectivity index (χ1) is 8.17. The number of allylic oxidation sites excluding steroid dienone is 1. The van der Waals surface area contributed by atoms with Gasteiger partial charge in [-0.1, -0.05) is 19.9 Å². The minimum atomic E-state index is 0.632. The molecular formula is C15H20O2. The lowest BCUT2D eigenvalue weighted by Gasteiger charge is -2.12. The molecule has 2 heteroatoms. The standard InChI is InChI=1S/C15H20O2/c1-4-5-14-10-13(11-16)6-7-15(14)17-9-8-12(2)3/h4,6-7,10-12H,1,5,8-9H2,2-3H3. The molecule has 0 heterocycles. The van der Waals surface area contributed by atoms with E-state index in [4.69, 9.17) is 4.74 Å². The van der Waals surface area contributed by atoms with E-state index in [9.17, 15) is 4.79 Å². The van der Waals surface area contributed by atoms with E-state index in [1.54, 1.807) is 6.07 Å². The molecule has 17 heavy (non-hydrogen) atoms. The molecule has 0 aliphatic carbocycles. The Morgan fingerprint density at radius 3 is 2.76 bits per heavy atom. The van der Waals surface area contributed by atoms with Gasteiger partial charge in [-0.25, -0.2) is 0 Å². The molecule has 1 aromatic rings. The van der Waals surface area contributed by atoms with Gasteiger partial charge in [0.2, 0.25) is 0 Å². The smallest absolute Gasteiger partial charge is 0.150 e. The summed E-state index contributed by atoms with van der Waals surface area (Å²) in [7, 11) is 0. The molecule has 0 N–H and O–H groups in total. The topological polar surface area (TPSA) is 26.3 Å². The zero-order chi connectivity index (χ0) is 12.7. The molecule has 0 aliphatic rings. The SMILES string of the molecule is C=CCc1cc(C=O)ccc1OCCC(C)C. The molecular weight excluding hydrogens is 212 g/mol. The van der Waals surface area contributed by atoms with Crippen LogP contribution in [0.4, 0.5) is 0 Å². The van der Waals surface area contributed by atoms with Crippen molar-refractivity contribution in [2.75, 3.05) is 6.61 Å². The monoisotopic (exact) mass is 232 g/mol. The Hall–Kier alpha value is -1.57. The number of carbonyl (C=O) groups is 1. The fourth-order valence-electron chi connectivity index (χ4n) is 1.53. The van der Waals surface area contributed by atoms with Crippen molar-refractivity contribution in [1.82, 2.24) is 0 Å². The molecule has 1 rings (SSSR count). The van der Waals surface area contributed by atoms with Crippen LogP contribution in [0.25, 0.3) is 0 Å². The molecule has 1 aromatic carbocycles. The average molecular weight is 232 g/mol. The van der Waals surface area contributed by atoms with Gasteiger partial charge in [-0.2, -0.15) is 0 Å². The van der Waals surface area contributed by atoms with Crippen LogP contribution in [0.5, 0.6) is 5.75 Å². The largest absolute Gasteiger partial charge is 0.493 e. The zero-order valence-electron chi connectivity index (χ0n) is 10.6. The lowest BCUT2D eigenvalue weighted by Crippen LogP contribution is -2.03. The molecule has 2 nitrogen and oxygen atoms in total. The van der Waals surface area contributed by atoms with Crippen LogP contribution in [0.2, 0.25) is 0 Å². The second kappa shape index (κ2) is 6.89. The number of rotatable bonds is 7. The number of carbonyl (C=O) groups excluding carboxylic acids is 1. The third kappa shape index (κ3) is 4.43. The van der Waals surface area contributed by atoms with Crippen molar-refractivity contribution in [3.8, 4) is 5.75 Å². The van der Waals surface area contributed by atoms with Crippen molar-refractivity contribution in [1.29, 1.82) is 0 Å². The first kappa shape index (κ1) is 13.5.